The molecule has 0 spiro atoms. The molecule has 3 aromatic carbocycles. The summed E-state index contributed by atoms with van der Waals surface area (Å²) in [6.07, 6.45) is 4.60. The minimum atomic E-state index is -1.15. The number of anilines is 1. The van der Waals surface area contributed by atoms with Crippen LogP contribution in [0.2, 0.25) is 0 Å². The topological polar surface area (TPSA) is 135 Å². The van der Waals surface area contributed by atoms with Crippen molar-refractivity contribution < 1.29 is 19.3 Å². The first-order valence-corrected chi connectivity index (χ1v) is 13.0. The van der Waals surface area contributed by atoms with Gasteiger partial charge in [0.25, 0.3) is 11.6 Å². The SMILES string of the molecule is O=C(N/N=C\C12c3ccccc3C(c3ccccc31)[C@H]1C(=O)N(c3ccc([N+](=O)[O-])cc3)C(=O)[C@H]12)c1ccncc1. The Balaban J connectivity index is 1.39. The predicted molar refractivity (Wildman–Crippen MR) is 148 cm³/mol. The fourth-order valence-corrected chi connectivity index (χ4v) is 6.79. The third-order valence-electron chi connectivity index (χ3n) is 8.38. The van der Waals surface area contributed by atoms with Crippen LogP contribution in [0.15, 0.2) is 102 Å². The number of aromatic nitrogens is 1. The van der Waals surface area contributed by atoms with Gasteiger partial charge in [-0.3, -0.25) is 29.5 Å². The zero-order chi connectivity index (χ0) is 28.3. The van der Waals surface area contributed by atoms with Crippen molar-refractivity contribution in [1.82, 2.24) is 10.4 Å². The molecule has 0 saturated carbocycles. The van der Waals surface area contributed by atoms with Crippen LogP contribution in [0.4, 0.5) is 11.4 Å². The molecule has 0 unspecified atom stereocenters. The van der Waals surface area contributed by atoms with E-state index in [1.165, 1.54) is 36.7 Å². The van der Waals surface area contributed by atoms with Crippen LogP contribution in [-0.2, 0) is 15.0 Å². The van der Waals surface area contributed by atoms with Gasteiger partial charge < -0.3 is 0 Å². The first-order valence-electron chi connectivity index (χ1n) is 13.0. The molecule has 3 amide bonds. The normalized spacial score (nSPS) is 23.7. The highest BCUT2D eigenvalue weighted by Crippen LogP contribution is 2.63. The molecular formula is C31H21N5O5. The zero-order valence-electron chi connectivity index (χ0n) is 21.4. The monoisotopic (exact) mass is 543 g/mol. The number of benzene rings is 3. The van der Waals surface area contributed by atoms with Crippen LogP contribution >= 0.6 is 0 Å². The van der Waals surface area contributed by atoms with E-state index in [2.05, 4.69) is 15.5 Å². The maximum absolute atomic E-state index is 14.3. The average molecular weight is 544 g/mol. The Bertz CT molecular complexity index is 1740. The number of nitrogens with one attached hydrogen (secondary N) is 1. The molecule has 4 aromatic rings. The van der Waals surface area contributed by atoms with Crippen LogP contribution in [0.1, 0.15) is 38.5 Å². The minimum absolute atomic E-state index is 0.140. The lowest BCUT2D eigenvalue weighted by molar-refractivity contribution is -0.384. The molecule has 3 aliphatic carbocycles. The van der Waals surface area contributed by atoms with Gasteiger partial charge in [-0.05, 0) is 46.5 Å². The summed E-state index contributed by atoms with van der Waals surface area (Å²) in [6, 6.07) is 23.9. The van der Waals surface area contributed by atoms with Gasteiger partial charge in [0.1, 0.15) is 0 Å². The zero-order valence-corrected chi connectivity index (χ0v) is 21.4. The van der Waals surface area contributed by atoms with Gasteiger partial charge in [-0.15, -0.1) is 0 Å². The van der Waals surface area contributed by atoms with Gasteiger partial charge in [-0.2, -0.15) is 5.10 Å². The van der Waals surface area contributed by atoms with Crippen LogP contribution in [0, 0.1) is 22.0 Å². The van der Waals surface area contributed by atoms with Crippen LogP contribution in [0.25, 0.3) is 0 Å². The molecule has 2 bridgehead atoms. The van der Waals surface area contributed by atoms with Crippen molar-refractivity contribution in [3.8, 4) is 0 Å². The lowest BCUT2D eigenvalue weighted by Crippen LogP contribution is -2.54. The molecule has 2 atom stereocenters. The van der Waals surface area contributed by atoms with E-state index in [0.29, 0.717) is 5.56 Å². The number of nitro groups is 1. The number of hydrazone groups is 1. The first kappa shape index (κ1) is 24.5. The fourth-order valence-electron chi connectivity index (χ4n) is 6.79. The van der Waals surface area contributed by atoms with Gasteiger partial charge in [-0.25, -0.2) is 10.3 Å². The summed E-state index contributed by atoms with van der Waals surface area (Å²) in [5, 5.41) is 15.6. The lowest BCUT2D eigenvalue weighted by atomic mass is 9.47. The van der Waals surface area contributed by atoms with Crippen LogP contribution in [-0.4, -0.2) is 33.8 Å². The number of imide groups is 1. The van der Waals surface area contributed by atoms with Crippen molar-refractivity contribution in [2.24, 2.45) is 16.9 Å². The molecule has 8 rings (SSSR count). The Morgan fingerprint density at radius 1 is 0.902 bits per heavy atom. The number of pyridine rings is 1. The Kier molecular flexibility index (Phi) is 5.40. The summed E-state index contributed by atoms with van der Waals surface area (Å²) < 4.78 is 0. The smallest absolute Gasteiger partial charge is 0.271 e. The number of non-ortho nitro benzene ring substituents is 1. The third-order valence-corrected chi connectivity index (χ3v) is 8.38. The number of hydrogen-bond donors (Lipinski definition) is 1. The second kappa shape index (κ2) is 9.02. The Hall–Kier alpha value is -5.51. The average Bonchev–Trinajstić information content (AvgIpc) is 3.28. The van der Waals surface area contributed by atoms with Crippen LogP contribution in [0.3, 0.4) is 0 Å². The van der Waals surface area contributed by atoms with Gasteiger partial charge in [0.2, 0.25) is 11.8 Å². The molecule has 0 radical (unpaired) electrons. The highest BCUT2D eigenvalue weighted by Gasteiger charge is 2.68. The lowest BCUT2D eigenvalue weighted by Gasteiger charge is -2.52. The highest BCUT2D eigenvalue weighted by molar-refractivity contribution is 6.25. The largest absolute Gasteiger partial charge is 0.274 e. The van der Waals surface area contributed by atoms with E-state index in [9.17, 15) is 24.5 Å². The van der Waals surface area contributed by atoms with E-state index in [0.717, 1.165) is 27.2 Å². The van der Waals surface area contributed by atoms with Gasteiger partial charge >= 0.3 is 0 Å². The minimum Gasteiger partial charge on any atom is -0.274 e. The van der Waals surface area contributed by atoms with Crippen molar-refractivity contribution in [2.75, 3.05) is 4.90 Å². The molecule has 1 aliphatic heterocycles. The number of hydrogen-bond acceptors (Lipinski definition) is 7. The van der Waals surface area contributed by atoms with Gasteiger partial charge in [-0.1, -0.05) is 48.5 Å². The summed E-state index contributed by atoms with van der Waals surface area (Å²) in [4.78, 5) is 57.0. The number of nitro benzene ring substituents is 1. The third kappa shape index (κ3) is 3.40. The van der Waals surface area contributed by atoms with Crippen molar-refractivity contribution in [3.63, 3.8) is 0 Å². The molecular weight excluding hydrogens is 522 g/mol. The summed E-state index contributed by atoms with van der Waals surface area (Å²) in [6.45, 7) is 0. The maximum atomic E-state index is 14.3. The van der Waals surface area contributed by atoms with Crippen molar-refractivity contribution in [1.29, 1.82) is 0 Å². The molecule has 1 aromatic heterocycles. The molecule has 4 aliphatic rings. The van der Waals surface area contributed by atoms with Crippen molar-refractivity contribution in [2.45, 2.75) is 11.3 Å². The summed E-state index contributed by atoms with van der Waals surface area (Å²) in [7, 11) is 0. The molecule has 1 N–H and O–H groups in total. The fraction of sp³-hybridized carbons (Fsp3) is 0.129. The molecule has 2 heterocycles. The Labute approximate surface area is 233 Å². The highest BCUT2D eigenvalue weighted by atomic mass is 16.6. The van der Waals surface area contributed by atoms with Gasteiger partial charge in [0.05, 0.1) is 27.9 Å². The molecule has 10 nitrogen and oxygen atoms in total. The van der Waals surface area contributed by atoms with Gasteiger partial charge in [0.15, 0.2) is 0 Å². The maximum Gasteiger partial charge on any atom is 0.271 e. The van der Waals surface area contributed by atoms with Crippen molar-refractivity contribution >= 4 is 35.3 Å². The number of nitrogens with zero attached hydrogens (tertiary/aromatic N) is 4. The Morgan fingerprint density at radius 3 is 2.12 bits per heavy atom. The molecule has 41 heavy (non-hydrogen) atoms. The molecule has 1 saturated heterocycles. The quantitative estimate of drug-likeness (QED) is 0.175. The molecule has 10 heteroatoms. The first-order chi connectivity index (χ1) is 19.9. The number of amides is 3. The summed E-state index contributed by atoms with van der Waals surface area (Å²) >= 11 is 0. The number of carbonyl (C=O) groups excluding carboxylic acids is 3. The molecule has 200 valence electrons. The van der Waals surface area contributed by atoms with E-state index in [-0.39, 0.29) is 23.2 Å². The predicted octanol–water partition coefficient (Wildman–Crippen LogP) is 3.96. The number of carbonyl (C=O) groups is 3. The molecule has 1 fully saturated rings. The standard InChI is InChI=1S/C31H21N5O5/c37-28(18-13-15-32-16-14-18)34-33-17-31-23-7-3-1-5-21(23)25(22-6-2-4-8-24(22)31)26-27(31)30(39)35(29(26)38)19-9-11-20(12-10-19)36(40)41/h1-17,25-27H,(H,34,37)/b33-17-/t25?,26-,27+,31?/m1/s1. The van der Waals surface area contributed by atoms with E-state index in [4.69, 9.17) is 0 Å². The van der Waals surface area contributed by atoms with E-state index in [1.807, 2.05) is 48.5 Å². The Morgan fingerprint density at radius 2 is 1.51 bits per heavy atom. The summed E-state index contributed by atoms with van der Waals surface area (Å²) in [5.74, 6) is -3.18. The van der Waals surface area contributed by atoms with Crippen LogP contribution < -0.4 is 10.3 Å². The van der Waals surface area contributed by atoms with E-state index < -0.39 is 34.0 Å². The van der Waals surface area contributed by atoms with E-state index in [1.54, 1.807) is 18.3 Å². The second-order valence-corrected chi connectivity index (χ2v) is 10.2. The number of rotatable bonds is 5. The van der Waals surface area contributed by atoms with Crippen LogP contribution in [0.5, 0.6) is 0 Å². The van der Waals surface area contributed by atoms with Crippen molar-refractivity contribution in [3.05, 3.63) is 135 Å². The van der Waals surface area contributed by atoms with E-state index >= 15 is 0 Å². The van der Waals surface area contributed by atoms with Gasteiger partial charge in [0, 0.05) is 42.2 Å². The second-order valence-electron chi connectivity index (χ2n) is 10.2. The summed E-state index contributed by atoms with van der Waals surface area (Å²) in [5.41, 5.74) is 5.46.